The van der Waals surface area contributed by atoms with Crippen LogP contribution in [-0.4, -0.2) is 24.4 Å². The molecule has 2 amide bonds. The van der Waals surface area contributed by atoms with Crippen molar-refractivity contribution in [1.82, 2.24) is 5.32 Å². The Hall–Kier alpha value is -1.55. The zero-order valence-corrected chi connectivity index (χ0v) is 12.7. The molecule has 0 saturated carbocycles. The first kappa shape index (κ1) is 14.9. The molecule has 1 aliphatic rings. The first-order chi connectivity index (χ1) is 9.38. The van der Waals surface area contributed by atoms with E-state index < -0.39 is 6.04 Å². The number of nitrogens with zero attached hydrogens (tertiary/aromatic N) is 1. The van der Waals surface area contributed by atoms with Gasteiger partial charge in [0, 0.05) is 10.7 Å². The highest BCUT2D eigenvalue weighted by Gasteiger charge is 2.34. The predicted molar refractivity (Wildman–Crippen MR) is 79.9 cm³/mol. The summed E-state index contributed by atoms with van der Waals surface area (Å²) in [5.74, 6) is 0.142. The van der Waals surface area contributed by atoms with E-state index in [-0.39, 0.29) is 18.4 Å². The van der Waals surface area contributed by atoms with Gasteiger partial charge in [-0.3, -0.25) is 9.59 Å². The quantitative estimate of drug-likeness (QED) is 0.931. The van der Waals surface area contributed by atoms with E-state index >= 15 is 0 Å². The number of anilines is 1. The maximum absolute atomic E-state index is 12.5. The van der Waals surface area contributed by atoms with Gasteiger partial charge in [-0.2, -0.15) is 0 Å². The Morgan fingerprint density at radius 2 is 2.10 bits per heavy atom. The minimum absolute atomic E-state index is 0.0502. The zero-order chi connectivity index (χ0) is 14.9. The van der Waals surface area contributed by atoms with Gasteiger partial charge < -0.3 is 10.2 Å². The van der Waals surface area contributed by atoms with E-state index in [4.69, 9.17) is 11.6 Å². The third-order valence-electron chi connectivity index (χ3n) is 3.37. The molecule has 1 aromatic carbocycles. The number of amides is 2. The largest absolute Gasteiger partial charge is 0.343 e. The van der Waals surface area contributed by atoms with E-state index in [1.807, 2.05) is 26.8 Å². The number of nitrogens with one attached hydrogen (secondary N) is 1. The van der Waals surface area contributed by atoms with Crippen molar-refractivity contribution in [3.05, 3.63) is 28.8 Å². The molecule has 0 spiro atoms. The van der Waals surface area contributed by atoms with Gasteiger partial charge in [-0.15, -0.1) is 0 Å². The fraction of sp³-hybridized carbons (Fsp3) is 0.467. The number of hydrogen-bond donors (Lipinski definition) is 1. The molecule has 20 heavy (non-hydrogen) atoms. The van der Waals surface area contributed by atoms with Crippen molar-refractivity contribution in [3.63, 3.8) is 0 Å². The molecule has 1 aromatic rings. The van der Waals surface area contributed by atoms with Crippen LogP contribution in [0.1, 0.15) is 25.8 Å². The third-order valence-corrected chi connectivity index (χ3v) is 3.61. The van der Waals surface area contributed by atoms with E-state index in [1.54, 1.807) is 12.1 Å². The summed E-state index contributed by atoms with van der Waals surface area (Å²) >= 11 is 6.00. The SMILES string of the molecule is Cc1ccc(Cl)cc1N1CC(=O)NC(CC(C)C)C1=O. The summed E-state index contributed by atoms with van der Waals surface area (Å²) < 4.78 is 0. The zero-order valence-electron chi connectivity index (χ0n) is 11.9. The predicted octanol–water partition coefficient (Wildman–Crippen LogP) is 2.53. The lowest BCUT2D eigenvalue weighted by molar-refractivity contribution is -0.131. The van der Waals surface area contributed by atoms with E-state index in [9.17, 15) is 9.59 Å². The maximum Gasteiger partial charge on any atom is 0.250 e. The van der Waals surface area contributed by atoms with Crippen LogP contribution in [0, 0.1) is 12.8 Å². The fourth-order valence-electron chi connectivity index (χ4n) is 2.42. The van der Waals surface area contributed by atoms with Crippen LogP contribution in [0.25, 0.3) is 0 Å². The fourth-order valence-corrected chi connectivity index (χ4v) is 2.59. The van der Waals surface area contributed by atoms with Crippen molar-refractivity contribution in [2.24, 2.45) is 5.92 Å². The molecule has 2 rings (SSSR count). The second-order valence-electron chi connectivity index (χ2n) is 5.60. The second kappa shape index (κ2) is 5.83. The monoisotopic (exact) mass is 294 g/mol. The Bertz CT molecular complexity index is 543. The van der Waals surface area contributed by atoms with Crippen molar-refractivity contribution in [2.75, 3.05) is 11.4 Å². The molecule has 1 unspecified atom stereocenters. The number of aryl methyl sites for hydroxylation is 1. The summed E-state index contributed by atoms with van der Waals surface area (Å²) in [5.41, 5.74) is 1.65. The average molecular weight is 295 g/mol. The van der Waals surface area contributed by atoms with E-state index in [1.165, 1.54) is 4.90 Å². The molecule has 1 N–H and O–H groups in total. The van der Waals surface area contributed by atoms with Crippen LogP contribution in [-0.2, 0) is 9.59 Å². The minimum atomic E-state index is -0.449. The molecular formula is C15H19ClN2O2. The maximum atomic E-state index is 12.5. The number of rotatable bonds is 3. The summed E-state index contributed by atoms with van der Waals surface area (Å²) in [6.45, 7) is 6.02. The molecule has 5 heteroatoms. The number of carbonyl (C=O) groups excluding carboxylic acids is 2. The third kappa shape index (κ3) is 3.12. The average Bonchev–Trinajstić information content (AvgIpc) is 2.36. The molecule has 1 saturated heterocycles. The van der Waals surface area contributed by atoms with Gasteiger partial charge in [0.05, 0.1) is 0 Å². The van der Waals surface area contributed by atoms with Gasteiger partial charge in [0.1, 0.15) is 12.6 Å². The number of hydrogen-bond acceptors (Lipinski definition) is 2. The highest BCUT2D eigenvalue weighted by Crippen LogP contribution is 2.26. The molecule has 4 nitrogen and oxygen atoms in total. The van der Waals surface area contributed by atoms with Crippen LogP contribution in [0.2, 0.25) is 5.02 Å². The number of piperazine rings is 1. The lowest BCUT2D eigenvalue weighted by atomic mass is 10.00. The van der Waals surface area contributed by atoms with Crippen molar-refractivity contribution < 1.29 is 9.59 Å². The highest BCUT2D eigenvalue weighted by atomic mass is 35.5. The van der Waals surface area contributed by atoms with Crippen LogP contribution in [0.5, 0.6) is 0 Å². The van der Waals surface area contributed by atoms with E-state index in [0.717, 1.165) is 5.56 Å². The molecule has 1 fully saturated rings. The smallest absolute Gasteiger partial charge is 0.250 e. The topological polar surface area (TPSA) is 49.4 Å². The van der Waals surface area contributed by atoms with Crippen molar-refractivity contribution in [2.45, 2.75) is 33.2 Å². The Morgan fingerprint density at radius 1 is 1.40 bits per heavy atom. The summed E-state index contributed by atoms with van der Waals surface area (Å²) in [4.78, 5) is 25.9. The Labute approximate surface area is 124 Å². The Morgan fingerprint density at radius 3 is 2.75 bits per heavy atom. The van der Waals surface area contributed by atoms with Crippen LogP contribution >= 0.6 is 11.6 Å². The number of halogens is 1. The molecular weight excluding hydrogens is 276 g/mol. The van der Waals surface area contributed by atoms with Crippen LogP contribution in [0.15, 0.2) is 18.2 Å². The van der Waals surface area contributed by atoms with Gasteiger partial charge >= 0.3 is 0 Å². The minimum Gasteiger partial charge on any atom is -0.343 e. The second-order valence-corrected chi connectivity index (χ2v) is 6.04. The molecule has 1 atom stereocenters. The molecule has 1 heterocycles. The van der Waals surface area contributed by atoms with Crippen LogP contribution in [0.3, 0.4) is 0 Å². The van der Waals surface area contributed by atoms with Crippen molar-refractivity contribution >= 4 is 29.1 Å². The van der Waals surface area contributed by atoms with Gasteiger partial charge in [-0.05, 0) is 37.0 Å². The first-order valence-electron chi connectivity index (χ1n) is 6.75. The van der Waals surface area contributed by atoms with Crippen molar-refractivity contribution in [1.29, 1.82) is 0 Å². The molecule has 0 bridgehead atoms. The molecule has 1 aliphatic heterocycles. The first-order valence-corrected chi connectivity index (χ1v) is 7.13. The molecule has 108 valence electrons. The molecule has 0 aromatic heterocycles. The van der Waals surface area contributed by atoms with Gasteiger partial charge in [0.15, 0.2) is 0 Å². The lowest BCUT2D eigenvalue weighted by Gasteiger charge is -2.34. The standard InChI is InChI=1S/C15H19ClN2O2/c1-9(2)6-12-15(20)18(8-14(19)17-12)13-7-11(16)5-4-10(13)3/h4-5,7,9,12H,6,8H2,1-3H3,(H,17,19). The number of carbonyl (C=O) groups is 2. The summed E-state index contributed by atoms with van der Waals surface area (Å²) in [6.07, 6.45) is 0.640. The highest BCUT2D eigenvalue weighted by molar-refractivity contribution is 6.31. The normalized spacial score (nSPS) is 19.4. The Kier molecular flexibility index (Phi) is 4.33. The van der Waals surface area contributed by atoms with Gasteiger partial charge in [0.2, 0.25) is 11.8 Å². The van der Waals surface area contributed by atoms with Crippen LogP contribution < -0.4 is 10.2 Å². The summed E-state index contributed by atoms with van der Waals surface area (Å²) in [5, 5.41) is 3.33. The van der Waals surface area contributed by atoms with Crippen molar-refractivity contribution in [3.8, 4) is 0 Å². The van der Waals surface area contributed by atoms with Gasteiger partial charge in [-0.25, -0.2) is 0 Å². The molecule has 0 aliphatic carbocycles. The van der Waals surface area contributed by atoms with Gasteiger partial charge in [-0.1, -0.05) is 31.5 Å². The Balaban J connectivity index is 2.32. The van der Waals surface area contributed by atoms with E-state index in [2.05, 4.69) is 5.32 Å². The lowest BCUT2D eigenvalue weighted by Crippen LogP contribution is -2.58. The van der Waals surface area contributed by atoms with Crippen LogP contribution in [0.4, 0.5) is 5.69 Å². The van der Waals surface area contributed by atoms with E-state index in [0.29, 0.717) is 23.0 Å². The number of benzene rings is 1. The summed E-state index contributed by atoms with van der Waals surface area (Å²) in [6, 6.07) is 4.92. The summed E-state index contributed by atoms with van der Waals surface area (Å²) in [7, 11) is 0. The van der Waals surface area contributed by atoms with Gasteiger partial charge in [0.25, 0.3) is 0 Å². The molecule has 0 radical (unpaired) electrons.